The Balaban J connectivity index is 1.44. The summed E-state index contributed by atoms with van der Waals surface area (Å²) in [5.74, 6) is 0. The van der Waals surface area contributed by atoms with Crippen molar-refractivity contribution in [3.63, 3.8) is 0 Å². The van der Waals surface area contributed by atoms with E-state index in [0.29, 0.717) is 25.8 Å². The number of rotatable bonds is 8. The van der Waals surface area contributed by atoms with Gasteiger partial charge < -0.3 is 9.84 Å². The molecule has 6 heteroatoms. The summed E-state index contributed by atoms with van der Waals surface area (Å²) in [6, 6.07) is 10.5. The van der Waals surface area contributed by atoms with E-state index in [1.54, 1.807) is 12.7 Å². The molecule has 0 aliphatic carbocycles. The number of aromatic nitrogens is 3. The highest BCUT2D eigenvalue weighted by Crippen LogP contribution is 2.18. The Morgan fingerprint density at radius 3 is 2.92 bits per heavy atom. The topological polar surface area (TPSA) is 63.4 Å². The fourth-order valence-electron chi connectivity index (χ4n) is 3.26. The van der Waals surface area contributed by atoms with E-state index in [1.165, 1.54) is 12.8 Å². The van der Waals surface area contributed by atoms with Gasteiger partial charge in [0.25, 0.3) is 0 Å². The zero-order valence-corrected chi connectivity index (χ0v) is 14.0. The SMILES string of the molecule is O[C@H](COCc1ccccc1)CN1CCCC[C@H]1Cn1cncn1. The number of aliphatic hydroxyl groups is 1. The van der Waals surface area contributed by atoms with Gasteiger partial charge in [-0.15, -0.1) is 0 Å². The Hall–Kier alpha value is -1.76. The molecule has 0 unspecified atom stereocenters. The molecule has 1 saturated heterocycles. The highest BCUT2D eigenvalue weighted by Gasteiger charge is 2.25. The van der Waals surface area contributed by atoms with Gasteiger partial charge in [0.05, 0.1) is 25.9 Å². The minimum absolute atomic E-state index is 0.363. The maximum absolute atomic E-state index is 10.3. The molecule has 1 N–H and O–H groups in total. The Morgan fingerprint density at radius 2 is 2.12 bits per heavy atom. The maximum atomic E-state index is 10.3. The van der Waals surface area contributed by atoms with Crippen molar-refractivity contribution < 1.29 is 9.84 Å². The molecule has 1 aromatic carbocycles. The fourth-order valence-corrected chi connectivity index (χ4v) is 3.26. The molecule has 0 bridgehead atoms. The van der Waals surface area contributed by atoms with Gasteiger partial charge in [0.2, 0.25) is 0 Å². The number of benzene rings is 1. The molecule has 1 fully saturated rings. The van der Waals surface area contributed by atoms with Gasteiger partial charge in [-0.05, 0) is 24.9 Å². The van der Waals surface area contributed by atoms with Crippen LogP contribution in [0.15, 0.2) is 43.0 Å². The maximum Gasteiger partial charge on any atom is 0.137 e. The summed E-state index contributed by atoms with van der Waals surface area (Å²) in [4.78, 5) is 6.37. The van der Waals surface area contributed by atoms with E-state index in [9.17, 15) is 5.11 Å². The van der Waals surface area contributed by atoms with Crippen molar-refractivity contribution in [1.82, 2.24) is 19.7 Å². The van der Waals surface area contributed by atoms with E-state index >= 15 is 0 Å². The first-order valence-corrected chi connectivity index (χ1v) is 8.67. The quantitative estimate of drug-likeness (QED) is 0.798. The van der Waals surface area contributed by atoms with Crippen molar-refractivity contribution in [3.8, 4) is 0 Å². The van der Waals surface area contributed by atoms with Gasteiger partial charge in [0.15, 0.2) is 0 Å². The average molecular weight is 330 g/mol. The first-order chi connectivity index (χ1) is 11.8. The number of aliphatic hydroxyl groups excluding tert-OH is 1. The van der Waals surface area contributed by atoms with E-state index in [2.05, 4.69) is 15.0 Å². The number of ether oxygens (including phenoxy) is 1. The van der Waals surface area contributed by atoms with Crippen LogP contribution in [0.4, 0.5) is 0 Å². The number of hydrogen-bond donors (Lipinski definition) is 1. The average Bonchev–Trinajstić information content (AvgIpc) is 3.11. The first kappa shape index (κ1) is 17.1. The van der Waals surface area contributed by atoms with Crippen LogP contribution >= 0.6 is 0 Å². The van der Waals surface area contributed by atoms with Gasteiger partial charge in [-0.25, -0.2) is 4.98 Å². The van der Waals surface area contributed by atoms with Gasteiger partial charge in [0, 0.05) is 12.6 Å². The van der Waals surface area contributed by atoms with E-state index < -0.39 is 6.10 Å². The molecule has 0 radical (unpaired) electrons. The van der Waals surface area contributed by atoms with E-state index in [1.807, 2.05) is 35.0 Å². The third-order valence-corrected chi connectivity index (χ3v) is 4.48. The van der Waals surface area contributed by atoms with Crippen LogP contribution in [0.1, 0.15) is 24.8 Å². The summed E-state index contributed by atoms with van der Waals surface area (Å²) in [6.45, 7) is 3.41. The highest BCUT2D eigenvalue weighted by molar-refractivity contribution is 5.13. The van der Waals surface area contributed by atoms with Crippen LogP contribution < -0.4 is 0 Å². The standard InChI is InChI=1S/C18H26N4O2/c23-18(13-24-12-16-6-2-1-3-7-16)11-21-9-5-4-8-17(21)10-22-15-19-14-20-22/h1-3,6-7,14-15,17-18,23H,4-5,8-13H2/t17-,18-/m0/s1. The molecule has 1 aliphatic rings. The molecule has 24 heavy (non-hydrogen) atoms. The number of hydrogen-bond acceptors (Lipinski definition) is 5. The molecule has 0 amide bonds. The van der Waals surface area contributed by atoms with E-state index in [4.69, 9.17) is 4.74 Å². The van der Waals surface area contributed by atoms with Crippen molar-refractivity contribution in [1.29, 1.82) is 0 Å². The lowest BCUT2D eigenvalue weighted by molar-refractivity contribution is -0.00571. The van der Waals surface area contributed by atoms with Gasteiger partial charge >= 0.3 is 0 Å². The smallest absolute Gasteiger partial charge is 0.137 e. The first-order valence-electron chi connectivity index (χ1n) is 8.67. The van der Waals surface area contributed by atoms with Gasteiger partial charge in [-0.3, -0.25) is 9.58 Å². The summed E-state index contributed by atoms with van der Waals surface area (Å²) in [5.41, 5.74) is 1.13. The summed E-state index contributed by atoms with van der Waals surface area (Å²) < 4.78 is 7.54. The van der Waals surface area contributed by atoms with Crippen LogP contribution in [-0.4, -0.2) is 56.6 Å². The second-order valence-electron chi connectivity index (χ2n) is 6.42. The largest absolute Gasteiger partial charge is 0.389 e. The van der Waals surface area contributed by atoms with Crippen LogP contribution in [0.25, 0.3) is 0 Å². The van der Waals surface area contributed by atoms with Crippen molar-refractivity contribution in [3.05, 3.63) is 48.5 Å². The van der Waals surface area contributed by atoms with Crippen LogP contribution in [0.2, 0.25) is 0 Å². The second-order valence-corrected chi connectivity index (χ2v) is 6.42. The molecule has 6 nitrogen and oxygen atoms in total. The lowest BCUT2D eigenvalue weighted by Gasteiger charge is -2.36. The van der Waals surface area contributed by atoms with Crippen LogP contribution in [0, 0.1) is 0 Å². The molecule has 130 valence electrons. The Bertz CT molecular complexity index is 576. The van der Waals surface area contributed by atoms with Gasteiger partial charge in [-0.2, -0.15) is 5.10 Å². The van der Waals surface area contributed by atoms with E-state index in [-0.39, 0.29) is 0 Å². The molecule has 2 aromatic rings. The van der Waals surface area contributed by atoms with Crippen LogP contribution in [-0.2, 0) is 17.9 Å². The van der Waals surface area contributed by atoms with Gasteiger partial charge in [0.1, 0.15) is 12.7 Å². The molecule has 3 rings (SSSR count). The molecule has 1 aliphatic heterocycles. The van der Waals surface area contributed by atoms with Crippen molar-refractivity contribution in [2.24, 2.45) is 0 Å². The molecule has 2 atom stereocenters. The third-order valence-electron chi connectivity index (χ3n) is 4.48. The summed E-state index contributed by atoms with van der Waals surface area (Å²) in [7, 11) is 0. The molecule has 0 spiro atoms. The number of piperidine rings is 1. The van der Waals surface area contributed by atoms with Crippen LogP contribution in [0.3, 0.4) is 0 Å². The molecular formula is C18H26N4O2. The zero-order chi connectivity index (χ0) is 16.6. The monoisotopic (exact) mass is 330 g/mol. The molecule has 0 saturated carbocycles. The molecular weight excluding hydrogens is 304 g/mol. The molecule has 1 aromatic heterocycles. The number of likely N-dealkylation sites (tertiary alicyclic amines) is 1. The van der Waals surface area contributed by atoms with Crippen molar-refractivity contribution >= 4 is 0 Å². The Kier molecular flexibility index (Phi) is 6.34. The van der Waals surface area contributed by atoms with Crippen molar-refractivity contribution in [2.75, 3.05) is 19.7 Å². The minimum atomic E-state index is -0.468. The second kappa shape index (κ2) is 8.92. The summed E-state index contributed by atoms with van der Waals surface area (Å²) in [6.07, 6.45) is 6.41. The normalized spacial score (nSPS) is 20.1. The third kappa shape index (κ3) is 5.12. The fraction of sp³-hybridized carbons (Fsp3) is 0.556. The van der Waals surface area contributed by atoms with E-state index in [0.717, 1.165) is 25.1 Å². The number of nitrogens with zero attached hydrogens (tertiary/aromatic N) is 4. The summed E-state index contributed by atoms with van der Waals surface area (Å²) >= 11 is 0. The van der Waals surface area contributed by atoms with Crippen LogP contribution in [0.5, 0.6) is 0 Å². The lowest BCUT2D eigenvalue weighted by atomic mass is 10.0. The highest BCUT2D eigenvalue weighted by atomic mass is 16.5. The Morgan fingerprint density at radius 1 is 1.25 bits per heavy atom. The minimum Gasteiger partial charge on any atom is -0.389 e. The predicted molar refractivity (Wildman–Crippen MR) is 91.3 cm³/mol. The molecule has 2 heterocycles. The van der Waals surface area contributed by atoms with Gasteiger partial charge in [-0.1, -0.05) is 36.8 Å². The Labute approximate surface area is 143 Å². The number of β-amino-alcohol motifs (C(OH)–C–C–N with tert-alkyl or cyclic N) is 1. The zero-order valence-electron chi connectivity index (χ0n) is 14.0. The van der Waals surface area contributed by atoms with Crippen molar-refractivity contribution in [2.45, 2.75) is 44.6 Å². The predicted octanol–water partition coefficient (Wildman–Crippen LogP) is 1.71. The lowest BCUT2D eigenvalue weighted by Crippen LogP contribution is -2.46. The summed E-state index contributed by atoms with van der Waals surface area (Å²) in [5, 5.41) is 14.5.